The van der Waals surface area contributed by atoms with Crippen molar-refractivity contribution >= 4 is 5.91 Å². The molecule has 14 heteroatoms. The molecule has 12 atom stereocenters. The van der Waals surface area contributed by atoms with E-state index >= 15 is 0 Å². The van der Waals surface area contributed by atoms with Gasteiger partial charge in [-0.2, -0.15) is 0 Å². The third-order valence-corrected chi connectivity index (χ3v) is 11.1. The van der Waals surface area contributed by atoms with E-state index in [1.165, 1.54) is 51.4 Å². The molecule has 2 aliphatic rings. The van der Waals surface area contributed by atoms with Crippen molar-refractivity contribution in [3.05, 3.63) is 36.5 Å². The van der Waals surface area contributed by atoms with Crippen LogP contribution in [0.5, 0.6) is 0 Å². The Morgan fingerprint density at radius 1 is 0.610 bits per heavy atom. The first kappa shape index (κ1) is 53.3. The summed E-state index contributed by atoms with van der Waals surface area (Å²) in [5, 5.41) is 86.4. The number of unbranched alkanes of at least 4 members (excludes halogenated alkanes) is 16. The highest BCUT2D eigenvalue weighted by molar-refractivity contribution is 5.76. The number of aliphatic hydroxyl groups is 8. The predicted molar refractivity (Wildman–Crippen MR) is 226 cm³/mol. The Morgan fingerprint density at radius 3 is 1.76 bits per heavy atom. The van der Waals surface area contributed by atoms with Gasteiger partial charge < -0.3 is 65.1 Å². The topological polar surface area (TPSA) is 228 Å². The van der Waals surface area contributed by atoms with Crippen molar-refractivity contribution in [3.63, 3.8) is 0 Å². The maximum Gasteiger partial charge on any atom is 0.220 e. The molecule has 0 radical (unpaired) electrons. The van der Waals surface area contributed by atoms with Crippen LogP contribution in [0.25, 0.3) is 0 Å². The summed E-state index contributed by atoms with van der Waals surface area (Å²) in [6.45, 7) is 2.67. The number of aliphatic hydroxyl groups excluding tert-OH is 8. The molecular formula is C45H81NO13. The molecule has 12 unspecified atom stereocenters. The van der Waals surface area contributed by atoms with E-state index in [9.17, 15) is 45.6 Å². The number of allylic oxidation sites excluding steroid dienone is 5. The Bertz CT molecular complexity index is 1140. The molecule has 2 fully saturated rings. The van der Waals surface area contributed by atoms with Gasteiger partial charge in [0, 0.05) is 6.42 Å². The number of carbonyl (C=O) groups is 1. The predicted octanol–water partition coefficient (Wildman–Crippen LogP) is 4.37. The van der Waals surface area contributed by atoms with E-state index in [1.54, 1.807) is 6.08 Å². The van der Waals surface area contributed by atoms with Gasteiger partial charge in [0.25, 0.3) is 0 Å². The van der Waals surface area contributed by atoms with Crippen LogP contribution < -0.4 is 5.32 Å². The summed E-state index contributed by atoms with van der Waals surface area (Å²) in [5.41, 5.74) is 0. The van der Waals surface area contributed by atoms with Crippen molar-refractivity contribution in [3.8, 4) is 0 Å². The van der Waals surface area contributed by atoms with Crippen LogP contribution in [-0.2, 0) is 23.7 Å². The van der Waals surface area contributed by atoms with E-state index in [0.29, 0.717) is 6.42 Å². The van der Waals surface area contributed by atoms with Crippen molar-refractivity contribution in [1.29, 1.82) is 0 Å². The Hall–Kier alpha value is -1.79. The Morgan fingerprint density at radius 2 is 1.15 bits per heavy atom. The van der Waals surface area contributed by atoms with Crippen LogP contribution in [0.15, 0.2) is 36.5 Å². The normalized spacial score (nSPS) is 28.8. The number of amides is 1. The summed E-state index contributed by atoms with van der Waals surface area (Å²) < 4.78 is 22.6. The minimum Gasteiger partial charge on any atom is -0.394 e. The van der Waals surface area contributed by atoms with Gasteiger partial charge in [0.1, 0.15) is 48.8 Å². The van der Waals surface area contributed by atoms with Gasteiger partial charge in [-0.1, -0.05) is 134 Å². The lowest BCUT2D eigenvalue weighted by atomic mass is 9.97. The first-order chi connectivity index (χ1) is 28.6. The van der Waals surface area contributed by atoms with E-state index in [2.05, 4.69) is 43.5 Å². The van der Waals surface area contributed by atoms with Crippen molar-refractivity contribution in [2.24, 2.45) is 0 Å². The molecule has 0 aromatic heterocycles. The van der Waals surface area contributed by atoms with Gasteiger partial charge in [0.15, 0.2) is 12.6 Å². The van der Waals surface area contributed by atoms with E-state index in [4.69, 9.17) is 18.9 Å². The zero-order valence-corrected chi connectivity index (χ0v) is 36.0. The first-order valence-corrected chi connectivity index (χ1v) is 22.7. The summed E-state index contributed by atoms with van der Waals surface area (Å²) in [4.78, 5) is 13.1. The van der Waals surface area contributed by atoms with Crippen LogP contribution in [0.3, 0.4) is 0 Å². The van der Waals surface area contributed by atoms with Gasteiger partial charge in [-0.3, -0.25) is 4.79 Å². The molecule has 2 heterocycles. The lowest BCUT2D eigenvalue weighted by Gasteiger charge is -2.46. The molecule has 9 N–H and O–H groups in total. The zero-order valence-electron chi connectivity index (χ0n) is 36.0. The Balaban J connectivity index is 1.92. The van der Waals surface area contributed by atoms with Crippen molar-refractivity contribution < 1.29 is 64.6 Å². The summed E-state index contributed by atoms with van der Waals surface area (Å²) in [7, 11) is 0. The van der Waals surface area contributed by atoms with Gasteiger partial charge in [-0.05, 0) is 44.9 Å². The van der Waals surface area contributed by atoms with Crippen LogP contribution in [0, 0.1) is 0 Å². The minimum absolute atomic E-state index is 0.258. The third-order valence-electron chi connectivity index (χ3n) is 11.1. The second-order valence-electron chi connectivity index (χ2n) is 16.2. The number of hydrogen-bond donors (Lipinski definition) is 9. The number of ether oxygens (including phenoxy) is 4. The molecule has 2 saturated heterocycles. The second kappa shape index (κ2) is 32.9. The maximum atomic E-state index is 13.1. The molecule has 0 spiro atoms. The van der Waals surface area contributed by atoms with Crippen molar-refractivity contribution in [2.45, 2.75) is 222 Å². The highest BCUT2D eigenvalue weighted by Crippen LogP contribution is 2.30. The summed E-state index contributed by atoms with van der Waals surface area (Å²) in [6.07, 6.45) is 17.6. The molecule has 0 aromatic rings. The molecule has 0 bridgehead atoms. The SMILES string of the molecule is CCC/C=C\C/C=C\CCCCCCCC(=O)NC(COC1OC(CO)C(OC2OC(CO)C(O)C(O)C2O)C(O)C1O)C(O)/C=C/CCCCCCCCCCCC. The molecule has 2 rings (SSSR count). The van der Waals surface area contributed by atoms with E-state index in [-0.39, 0.29) is 18.9 Å². The smallest absolute Gasteiger partial charge is 0.220 e. The minimum atomic E-state index is -1.79. The maximum absolute atomic E-state index is 13.1. The highest BCUT2D eigenvalue weighted by Gasteiger charge is 2.50. The summed E-state index contributed by atoms with van der Waals surface area (Å²) >= 11 is 0. The van der Waals surface area contributed by atoms with Crippen molar-refractivity contribution in [2.75, 3.05) is 19.8 Å². The molecule has 59 heavy (non-hydrogen) atoms. The molecule has 14 nitrogen and oxygen atoms in total. The van der Waals surface area contributed by atoms with Gasteiger partial charge in [0.2, 0.25) is 5.91 Å². The van der Waals surface area contributed by atoms with Gasteiger partial charge in [-0.25, -0.2) is 0 Å². The lowest BCUT2D eigenvalue weighted by molar-refractivity contribution is -0.359. The lowest BCUT2D eigenvalue weighted by Crippen LogP contribution is -2.65. The molecule has 344 valence electrons. The van der Waals surface area contributed by atoms with E-state index < -0.39 is 86.8 Å². The summed E-state index contributed by atoms with van der Waals surface area (Å²) in [5.74, 6) is -0.258. The van der Waals surface area contributed by atoms with Crippen LogP contribution in [0.2, 0.25) is 0 Å². The summed E-state index contributed by atoms with van der Waals surface area (Å²) in [6, 6.07) is -0.918. The van der Waals surface area contributed by atoms with Crippen LogP contribution in [0.1, 0.15) is 149 Å². The molecule has 0 aromatic carbocycles. The molecule has 2 aliphatic heterocycles. The van der Waals surface area contributed by atoms with Crippen molar-refractivity contribution in [1.82, 2.24) is 5.32 Å². The van der Waals surface area contributed by atoms with Gasteiger partial charge >= 0.3 is 0 Å². The largest absolute Gasteiger partial charge is 0.394 e. The fourth-order valence-corrected chi connectivity index (χ4v) is 7.27. The zero-order chi connectivity index (χ0) is 43.3. The highest BCUT2D eigenvalue weighted by atomic mass is 16.7. The van der Waals surface area contributed by atoms with E-state index in [0.717, 1.165) is 70.6 Å². The average Bonchev–Trinajstić information content (AvgIpc) is 3.23. The molecular weight excluding hydrogens is 762 g/mol. The van der Waals surface area contributed by atoms with E-state index in [1.807, 2.05) is 6.08 Å². The number of carbonyl (C=O) groups excluding carboxylic acids is 1. The Labute approximate surface area is 353 Å². The van der Waals surface area contributed by atoms with Gasteiger partial charge in [0.05, 0.1) is 32.0 Å². The monoisotopic (exact) mass is 844 g/mol. The van der Waals surface area contributed by atoms with Crippen LogP contribution >= 0.6 is 0 Å². The van der Waals surface area contributed by atoms with Crippen LogP contribution in [-0.4, -0.2) is 140 Å². The quantitative estimate of drug-likeness (QED) is 0.0331. The Kier molecular flexibility index (Phi) is 29.7. The molecule has 1 amide bonds. The van der Waals surface area contributed by atoms with Crippen LogP contribution in [0.4, 0.5) is 0 Å². The number of hydrogen-bond acceptors (Lipinski definition) is 13. The average molecular weight is 844 g/mol. The fourth-order valence-electron chi connectivity index (χ4n) is 7.27. The third kappa shape index (κ3) is 21.2. The fraction of sp³-hybridized carbons (Fsp3) is 0.844. The number of rotatable bonds is 33. The standard InChI is InChI=1S/C45H81NO13/c1-3-5-7-9-11-13-15-17-19-21-23-25-27-29-37(50)46-33(34(49)28-26-24-22-20-18-16-14-12-10-8-6-4-2)32-56-44-42(55)40(53)43(36(31-48)58-44)59-45-41(54)39(52)38(51)35(30-47)57-45/h7,9,13,15,26,28,33-36,38-45,47-49,51-55H,3-6,8,10-12,14,16-25,27,29-32H2,1-2H3,(H,46,50)/b9-7-,15-13-,28-26+. The molecule has 0 saturated carbocycles. The first-order valence-electron chi connectivity index (χ1n) is 22.7. The second-order valence-corrected chi connectivity index (χ2v) is 16.2. The molecule has 0 aliphatic carbocycles. The number of nitrogens with one attached hydrogen (secondary N) is 1. The van der Waals surface area contributed by atoms with Gasteiger partial charge in [-0.15, -0.1) is 0 Å².